The Labute approximate surface area is 200 Å². The summed E-state index contributed by atoms with van der Waals surface area (Å²) in [5.41, 5.74) is 0.455. The zero-order valence-corrected chi connectivity index (χ0v) is 19.2. The Kier molecular flexibility index (Phi) is 6.84. The Balaban J connectivity index is 1.83. The zero-order valence-electron chi connectivity index (χ0n) is 19.2. The number of ether oxygens (including phenoxy) is 1. The van der Waals surface area contributed by atoms with Crippen LogP contribution in [0.2, 0.25) is 0 Å². The highest BCUT2D eigenvalue weighted by atomic mass is 19.4. The molecule has 0 amide bonds. The summed E-state index contributed by atoms with van der Waals surface area (Å²) in [6, 6.07) is 18.3. The van der Waals surface area contributed by atoms with Gasteiger partial charge >= 0.3 is 6.18 Å². The van der Waals surface area contributed by atoms with E-state index in [9.17, 15) is 23.1 Å². The first-order chi connectivity index (χ1) is 16.7. The van der Waals surface area contributed by atoms with Crippen LogP contribution in [0, 0.1) is 6.92 Å². The van der Waals surface area contributed by atoms with Crippen molar-refractivity contribution >= 4 is 11.0 Å². The fourth-order valence-electron chi connectivity index (χ4n) is 3.97. The average Bonchev–Trinajstić information content (AvgIpc) is 2.81. The van der Waals surface area contributed by atoms with Gasteiger partial charge in [0.1, 0.15) is 24.4 Å². The van der Waals surface area contributed by atoms with Crippen molar-refractivity contribution in [2.24, 2.45) is 0 Å². The van der Waals surface area contributed by atoms with E-state index in [0.717, 1.165) is 16.0 Å². The summed E-state index contributed by atoms with van der Waals surface area (Å²) in [6.45, 7) is 4.92. The summed E-state index contributed by atoms with van der Waals surface area (Å²) in [4.78, 5) is 14.1. The maximum atomic E-state index is 14.0. The summed E-state index contributed by atoms with van der Waals surface area (Å²) in [6.07, 6.45) is -5.01. The maximum absolute atomic E-state index is 14.0. The van der Waals surface area contributed by atoms with Crippen LogP contribution in [0.1, 0.15) is 29.4 Å². The molecular formula is C27H24F3NO4. The van der Waals surface area contributed by atoms with E-state index in [1.807, 2.05) is 37.3 Å². The number of fused-ring (bicyclic) bond motifs is 1. The van der Waals surface area contributed by atoms with Crippen LogP contribution in [0.25, 0.3) is 11.0 Å². The number of benzene rings is 3. The lowest BCUT2D eigenvalue weighted by Gasteiger charge is -2.23. The number of hydrogen-bond acceptors (Lipinski definition) is 4. The van der Waals surface area contributed by atoms with Crippen LogP contribution in [-0.4, -0.2) is 6.54 Å². The molecule has 0 bridgehead atoms. The Hall–Kier alpha value is -3.78. The quantitative estimate of drug-likeness (QED) is 0.418. The molecule has 4 rings (SSSR count). The number of quaternary nitrogens is 1. The number of halogens is 3. The lowest BCUT2D eigenvalue weighted by molar-refractivity contribution is -0.925. The predicted molar refractivity (Wildman–Crippen MR) is 124 cm³/mol. The molecule has 1 aromatic heterocycles. The molecule has 5 nitrogen and oxygen atoms in total. The molecule has 0 aliphatic heterocycles. The van der Waals surface area contributed by atoms with Gasteiger partial charge in [-0.25, -0.2) is 0 Å². The van der Waals surface area contributed by atoms with Crippen LogP contribution in [0.4, 0.5) is 13.2 Å². The average molecular weight is 483 g/mol. The van der Waals surface area contributed by atoms with E-state index in [4.69, 9.17) is 9.15 Å². The van der Waals surface area contributed by atoms with Crippen molar-refractivity contribution in [1.82, 2.24) is 0 Å². The lowest BCUT2D eigenvalue weighted by atomic mass is 10.1. The van der Waals surface area contributed by atoms with Crippen molar-refractivity contribution in [2.75, 3.05) is 6.54 Å². The Morgan fingerprint density at radius 3 is 2.40 bits per heavy atom. The minimum atomic E-state index is -5.01. The second-order valence-corrected chi connectivity index (χ2v) is 8.37. The van der Waals surface area contributed by atoms with Gasteiger partial charge in [0.25, 0.3) is 5.76 Å². The van der Waals surface area contributed by atoms with Crippen molar-refractivity contribution in [3.8, 4) is 17.2 Å². The molecule has 8 heteroatoms. The Bertz CT molecular complexity index is 1400. The highest BCUT2D eigenvalue weighted by Crippen LogP contribution is 2.39. The molecule has 4 aromatic rings. The van der Waals surface area contributed by atoms with Crippen LogP contribution in [0.3, 0.4) is 0 Å². The molecule has 0 saturated carbocycles. The van der Waals surface area contributed by atoms with Gasteiger partial charge in [0.05, 0.1) is 11.9 Å². The fourth-order valence-corrected chi connectivity index (χ4v) is 3.97. The van der Waals surface area contributed by atoms with Gasteiger partial charge in [-0.05, 0) is 37.6 Å². The molecule has 1 N–H and O–H groups in total. The molecule has 1 atom stereocenters. The molecule has 0 fully saturated rings. The van der Waals surface area contributed by atoms with Crippen molar-refractivity contribution in [3.63, 3.8) is 0 Å². The molecule has 0 radical (unpaired) electrons. The minimum Gasteiger partial charge on any atom is -0.872 e. The standard InChI is InChI=1S/C27H24F3NO4/c1-3-31(15-18-9-5-4-6-10-18)16-21-22(32)13-12-20-23(33)25(26(27(28,29)30)35-24(20)21)34-19-11-7-8-17(2)14-19/h4-14,32H,3,15-16H2,1-2H3. The molecule has 1 unspecified atom stereocenters. The molecule has 1 heterocycles. The van der Waals surface area contributed by atoms with Crippen LogP contribution in [0.5, 0.6) is 17.2 Å². The third kappa shape index (κ3) is 5.33. The van der Waals surface area contributed by atoms with E-state index in [-0.39, 0.29) is 28.8 Å². The van der Waals surface area contributed by atoms with Gasteiger partial charge in [0.2, 0.25) is 11.2 Å². The summed E-state index contributed by atoms with van der Waals surface area (Å²) in [5, 5.41) is 12.6. The summed E-state index contributed by atoms with van der Waals surface area (Å²) in [7, 11) is 0. The number of aryl methyl sites for hydroxylation is 1. The van der Waals surface area contributed by atoms with Gasteiger partial charge in [-0.2, -0.15) is 13.2 Å². The molecule has 3 aromatic carbocycles. The van der Waals surface area contributed by atoms with Gasteiger partial charge in [-0.3, -0.25) is 4.79 Å². The zero-order chi connectivity index (χ0) is 25.2. The molecule has 35 heavy (non-hydrogen) atoms. The van der Waals surface area contributed by atoms with Crippen molar-refractivity contribution in [1.29, 1.82) is 0 Å². The summed E-state index contributed by atoms with van der Waals surface area (Å²) < 4.78 is 52.7. The Morgan fingerprint density at radius 1 is 1.00 bits per heavy atom. The minimum absolute atomic E-state index is 0.0278. The van der Waals surface area contributed by atoms with E-state index in [1.165, 1.54) is 24.3 Å². The first-order valence-electron chi connectivity index (χ1n) is 11.2. The van der Waals surface area contributed by atoms with Crippen LogP contribution in [-0.2, 0) is 19.3 Å². The Morgan fingerprint density at radius 2 is 1.74 bits per heavy atom. The maximum Gasteiger partial charge on any atom is 0.453 e. The van der Waals surface area contributed by atoms with E-state index >= 15 is 0 Å². The van der Waals surface area contributed by atoms with Gasteiger partial charge < -0.3 is 19.2 Å². The van der Waals surface area contributed by atoms with Crippen molar-refractivity contribution in [3.05, 3.63) is 99.4 Å². The third-order valence-corrected chi connectivity index (χ3v) is 5.77. The van der Waals surface area contributed by atoms with E-state index < -0.39 is 28.9 Å². The van der Waals surface area contributed by atoms with Crippen molar-refractivity contribution in [2.45, 2.75) is 33.1 Å². The molecule has 0 saturated heterocycles. The van der Waals surface area contributed by atoms with Crippen LogP contribution < -0.4 is 20.2 Å². The number of alkyl halides is 3. The molecule has 0 spiro atoms. The molecule has 0 aliphatic carbocycles. The summed E-state index contributed by atoms with van der Waals surface area (Å²) in [5.74, 6) is -2.93. The highest BCUT2D eigenvalue weighted by Gasteiger charge is 2.41. The first kappa shape index (κ1) is 24.3. The normalized spacial score (nSPS) is 12.6. The van der Waals surface area contributed by atoms with Crippen molar-refractivity contribution < 1.29 is 32.3 Å². The number of rotatable bonds is 7. The molecule has 0 aliphatic rings. The number of nitrogens with one attached hydrogen (secondary N) is 1. The monoisotopic (exact) mass is 483 g/mol. The van der Waals surface area contributed by atoms with E-state index in [1.54, 1.807) is 19.1 Å². The lowest BCUT2D eigenvalue weighted by Crippen LogP contribution is -3.09. The van der Waals surface area contributed by atoms with Gasteiger partial charge in [-0.15, -0.1) is 0 Å². The summed E-state index contributed by atoms with van der Waals surface area (Å²) >= 11 is 0. The van der Waals surface area contributed by atoms with Crippen LogP contribution in [0.15, 0.2) is 75.9 Å². The predicted octanol–water partition coefficient (Wildman–Crippen LogP) is 4.59. The third-order valence-electron chi connectivity index (χ3n) is 5.77. The second-order valence-electron chi connectivity index (χ2n) is 8.37. The van der Waals surface area contributed by atoms with Gasteiger partial charge in [0, 0.05) is 11.1 Å². The second kappa shape index (κ2) is 9.84. The van der Waals surface area contributed by atoms with Crippen LogP contribution >= 0.6 is 0 Å². The molecule has 182 valence electrons. The smallest absolute Gasteiger partial charge is 0.453 e. The van der Waals surface area contributed by atoms with E-state index in [0.29, 0.717) is 13.1 Å². The first-order valence-corrected chi connectivity index (χ1v) is 11.2. The van der Waals surface area contributed by atoms with Gasteiger partial charge in [-0.1, -0.05) is 54.3 Å². The highest BCUT2D eigenvalue weighted by molar-refractivity contribution is 5.83. The largest absolute Gasteiger partial charge is 0.872 e. The van der Waals surface area contributed by atoms with Gasteiger partial charge in [0.15, 0.2) is 0 Å². The molecular weight excluding hydrogens is 459 g/mol. The number of hydrogen-bond donors (Lipinski definition) is 1. The topological polar surface area (TPSA) is 66.9 Å². The fraction of sp³-hybridized carbons (Fsp3) is 0.222. The SMILES string of the molecule is CC[NH+](Cc1ccccc1)Cc1c([O-])ccc2c(=O)c(Oc3cccc(C)c3)c(C(F)(F)F)oc12. The van der Waals surface area contributed by atoms with E-state index in [2.05, 4.69) is 0 Å².